The van der Waals surface area contributed by atoms with Crippen LogP contribution < -0.4 is 10.6 Å². The third kappa shape index (κ3) is 3.09. The minimum absolute atomic E-state index is 0.152. The van der Waals surface area contributed by atoms with Gasteiger partial charge in [-0.15, -0.1) is 0 Å². The smallest absolute Gasteiger partial charge is 0.251 e. The van der Waals surface area contributed by atoms with Gasteiger partial charge in [-0.1, -0.05) is 30.3 Å². The minimum atomic E-state index is -1.21. The number of imide groups is 1. The number of aliphatic hydroxyl groups excluding tert-OH is 1. The molecule has 0 aromatic heterocycles. The van der Waals surface area contributed by atoms with Crippen LogP contribution in [0, 0.1) is 0 Å². The lowest BCUT2D eigenvalue weighted by molar-refractivity contribution is -0.149. The molecule has 0 saturated carbocycles. The summed E-state index contributed by atoms with van der Waals surface area (Å²) in [6.07, 6.45) is 0.444. The molecule has 1 aromatic rings. The number of carbonyl (C=O) groups is 3. The Hall–Kier alpha value is -2.67. The molecule has 120 valence electrons. The molecule has 3 rings (SSSR count). The van der Waals surface area contributed by atoms with E-state index in [4.69, 9.17) is 0 Å². The van der Waals surface area contributed by atoms with Crippen molar-refractivity contribution < 1.29 is 19.5 Å². The van der Waals surface area contributed by atoms with Crippen LogP contribution >= 0.6 is 0 Å². The Morgan fingerprint density at radius 2 is 1.96 bits per heavy atom. The lowest BCUT2D eigenvalue weighted by Crippen LogP contribution is -2.56. The van der Waals surface area contributed by atoms with E-state index in [-0.39, 0.29) is 18.7 Å². The SMILES string of the molecule is O=C1CCC(N2C(=O)C=C(NCc3ccccc3)C2O)C(=O)N1. The summed E-state index contributed by atoms with van der Waals surface area (Å²) in [6.45, 7) is 0.459. The van der Waals surface area contributed by atoms with Crippen molar-refractivity contribution in [3.8, 4) is 0 Å². The van der Waals surface area contributed by atoms with Gasteiger partial charge in [0.2, 0.25) is 11.8 Å². The first-order chi connectivity index (χ1) is 11.1. The zero-order valence-electron chi connectivity index (χ0n) is 12.4. The molecule has 2 aliphatic heterocycles. The Balaban J connectivity index is 1.66. The molecule has 2 atom stereocenters. The van der Waals surface area contributed by atoms with E-state index in [0.717, 1.165) is 10.5 Å². The maximum atomic E-state index is 12.1. The normalized spacial score (nSPS) is 24.5. The number of benzene rings is 1. The van der Waals surface area contributed by atoms with Crippen molar-refractivity contribution >= 4 is 17.7 Å². The molecule has 2 unspecified atom stereocenters. The molecule has 3 N–H and O–H groups in total. The van der Waals surface area contributed by atoms with Crippen molar-refractivity contribution in [2.75, 3.05) is 0 Å². The Morgan fingerprint density at radius 1 is 1.22 bits per heavy atom. The molecule has 1 fully saturated rings. The van der Waals surface area contributed by atoms with Gasteiger partial charge in [0.05, 0.1) is 5.70 Å². The van der Waals surface area contributed by atoms with E-state index in [1.807, 2.05) is 30.3 Å². The van der Waals surface area contributed by atoms with Gasteiger partial charge in [0.15, 0.2) is 6.23 Å². The van der Waals surface area contributed by atoms with Gasteiger partial charge in [0.1, 0.15) is 6.04 Å². The summed E-state index contributed by atoms with van der Waals surface area (Å²) >= 11 is 0. The topological polar surface area (TPSA) is 98.7 Å². The van der Waals surface area contributed by atoms with Crippen LogP contribution in [0.25, 0.3) is 0 Å². The van der Waals surface area contributed by atoms with E-state index in [1.54, 1.807) is 0 Å². The fourth-order valence-electron chi connectivity index (χ4n) is 2.77. The number of hydrogen-bond acceptors (Lipinski definition) is 5. The molecule has 2 aliphatic rings. The van der Waals surface area contributed by atoms with Crippen LogP contribution in [0.5, 0.6) is 0 Å². The molecule has 0 spiro atoms. The highest BCUT2D eigenvalue weighted by molar-refractivity contribution is 6.03. The molecule has 3 amide bonds. The molecule has 0 bridgehead atoms. The predicted octanol–water partition coefficient (Wildman–Crippen LogP) is -0.374. The number of nitrogens with zero attached hydrogens (tertiary/aromatic N) is 1. The van der Waals surface area contributed by atoms with Gasteiger partial charge in [-0.2, -0.15) is 0 Å². The Morgan fingerprint density at radius 3 is 2.65 bits per heavy atom. The highest BCUT2D eigenvalue weighted by atomic mass is 16.3. The number of nitrogens with one attached hydrogen (secondary N) is 2. The maximum absolute atomic E-state index is 12.1. The highest BCUT2D eigenvalue weighted by Gasteiger charge is 2.41. The summed E-state index contributed by atoms with van der Waals surface area (Å²) < 4.78 is 0. The molecule has 0 aliphatic carbocycles. The number of carbonyl (C=O) groups excluding carboxylic acids is 3. The highest BCUT2D eigenvalue weighted by Crippen LogP contribution is 2.23. The van der Waals surface area contributed by atoms with Crippen LogP contribution in [0.1, 0.15) is 18.4 Å². The number of aliphatic hydroxyl groups is 1. The first kappa shape index (κ1) is 15.2. The summed E-state index contributed by atoms with van der Waals surface area (Å²) in [5, 5.41) is 15.6. The lowest BCUT2D eigenvalue weighted by atomic mass is 10.0. The summed E-state index contributed by atoms with van der Waals surface area (Å²) in [5.74, 6) is -1.35. The van der Waals surface area contributed by atoms with Crippen LogP contribution in [-0.4, -0.2) is 40.0 Å². The third-order valence-corrected chi connectivity index (χ3v) is 3.96. The van der Waals surface area contributed by atoms with E-state index >= 15 is 0 Å². The average molecular weight is 315 g/mol. The standard InChI is InChI=1S/C16H17N3O4/c20-13-7-6-12(15(22)18-13)19-14(21)8-11(16(19)23)17-9-10-4-2-1-3-5-10/h1-5,8,12,16-17,23H,6-7,9H2,(H,18,20,22). The molecule has 0 radical (unpaired) electrons. The van der Waals surface area contributed by atoms with Gasteiger partial charge >= 0.3 is 0 Å². The zero-order chi connectivity index (χ0) is 16.4. The maximum Gasteiger partial charge on any atom is 0.251 e. The Bertz CT molecular complexity index is 671. The van der Waals surface area contributed by atoms with Crippen LogP contribution in [-0.2, 0) is 20.9 Å². The summed E-state index contributed by atoms with van der Waals surface area (Å²) in [5.41, 5.74) is 1.36. The molecule has 2 heterocycles. The summed E-state index contributed by atoms with van der Waals surface area (Å²) in [6, 6.07) is 8.72. The zero-order valence-corrected chi connectivity index (χ0v) is 12.4. The fourth-order valence-corrected chi connectivity index (χ4v) is 2.77. The number of hydrogen-bond donors (Lipinski definition) is 3. The quantitative estimate of drug-likeness (QED) is 0.658. The van der Waals surface area contributed by atoms with Gasteiger partial charge in [0.25, 0.3) is 5.91 Å². The van der Waals surface area contributed by atoms with E-state index in [1.165, 1.54) is 6.08 Å². The van der Waals surface area contributed by atoms with Crippen molar-refractivity contribution in [1.29, 1.82) is 0 Å². The van der Waals surface area contributed by atoms with Crippen molar-refractivity contribution in [3.63, 3.8) is 0 Å². The minimum Gasteiger partial charge on any atom is -0.380 e. The third-order valence-electron chi connectivity index (χ3n) is 3.96. The van der Waals surface area contributed by atoms with Crippen molar-refractivity contribution in [1.82, 2.24) is 15.5 Å². The molecule has 1 aromatic carbocycles. The van der Waals surface area contributed by atoms with E-state index in [9.17, 15) is 19.5 Å². The monoisotopic (exact) mass is 315 g/mol. The van der Waals surface area contributed by atoms with E-state index < -0.39 is 24.1 Å². The largest absolute Gasteiger partial charge is 0.380 e. The van der Waals surface area contributed by atoms with Crippen LogP contribution in [0.15, 0.2) is 42.1 Å². The number of rotatable bonds is 4. The van der Waals surface area contributed by atoms with Crippen LogP contribution in [0.3, 0.4) is 0 Å². The first-order valence-electron chi connectivity index (χ1n) is 7.39. The fraction of sp³-hybridized carbons (Fsp3) is 0.312. The second-order valence-electron chi connectivity index (χ2n) is 5.52. The van der Waals surface area contributed by atoms with Gasteiger partial charge in [-0.3, -0.25) is 24.6 Å². The number of amides is 3. The van der Waals surface area contributed by atoms with Crippen LogP contribution in [0.4, 0.5) is 0 Å². The molecule has 23 heavy (non-hydrogen) atoms. The Labute approximate surface area is 133 Å². The molecular formula is C16H17N3O4. The van der Waals surface area contributed by atoms with Crippen molar-refractivity contribution in [3.05, 3.63) is 47.7 Å². The van der Waals surface area contributed by atoms with E-state index in [0.29, 0.717) is 12.2 Å². The molecular weight excluding hydrogens is 298 g/mol. The second kappa shape index (κ2) is 6.21. The lowest BCUT2D eigenvalue weighted by Gasteiger charge is -2.32. The first-order valence-corrected chi connectivity index (χ1v) is 7.39. The van der Waals surface area contributed by atoms with Crippen LogP contribution in [0.2, 0.25) is 0 Å². The molecule has 7 nitrogen and oxygen atoms in total. The summed E-state index contributed by atoms with van der Waals surface area (Å²) in [7, 11) is 0. The second-order valence-corrected chi connectivity index (χ2v) is 5.52. The Kier molecular flexibility index (Phi) is 4.12. The van der Waals surface area contributed by atoms with Gasteiger partial charge in [0, 0.05) is 19.0 Å². The van der Waals surface area contributed by atoms with Gasteiger partial charge in [-0.25, -0.2) is 0 Å². The molecule has 1 saturated heterocycles. The summed E-state index contributed by atoms with van der Waals surface area (Å²) in [4.78, 5) is 36.3. The number of piperidine rings is 1. The van der Waals surface area contributed by atoms with Gasteiger partial charge in [-0.05, 0) is 12.0 Å². The average Bonchev–Trinajstić information content (AvgIpc) is 2.81. The predicted molar refractivity (Wildman–Crippen MR) is 80.4 cm³/mol. The molecule has 7 heteroatoms. The van der Waals surface area contributed by atoms with Crippen molar-refractivity contribution in [2.45, 2.75) is 31.7 Å². The van der Waals surface area contributed by atoms with Crippen molar-refractivity contribution in [2.24, 2.45) is 0 Å². The van der Waals surface area contributed by atoms with Gasteiger partial charge < -0.3 is 10.4 Å². The van der Waals surface area contributed by atoms with E-state index in [2.05, 4.69) is 10.6 Å².